The number of thiazole rings is 1. The Morgan fingerprint density at radius 3 is 2.27 bits per heavy atom. The Morgan fingerprint density at radius 2 is 1.60 bits per heavy atom. The highest BCUT2D eigenvalue weighted by molar-refractivity contribution is 7.93. The molecule has 4 rings (SSSR count). The molecule has 1 aliphatic rings. The monoisotopic (exact) mass is 465 g/mol. The molecule has 0 spiro atoms. The summed E-state index contributed by atoms with van der Waals surface area (Å²) < 4.78 is 60.2. The van der Waals surface area contributed by atoms with Crippen LogP contribution in [0.15, 0.2) is 70.0 Å². The van der Waals surface area contributed by atoms with Crippen LogP contribution in [0.1, 0.15) is 0 Å². The molecule has 1 saturated heterocycles. The Balaban J connectivity index is 1.56. The Bertz CT molecular complexity index is 1220. The van der Waals surface area contributed by atoms with Gasteiger partial charge in [-0.3, -0.25) is 4.72 Å². The fraction of sp³-hybridized carbons (Fsp3) is 0.211. The predicted molar refractivity (Wildman–Crippen MR) is 114 cm³/mol. The zero-order valence-electron chi connectivity index (χ0n) is 15.8. The first-order valence-electron chi connectivity index (χ1n) is 9.08. The molecule has 1 aliphatic heterocycles. The van der Waals surface area contributed by atoms with Crippen LogP contribution >= 0.6 is 11.3 Å². The number of hydrogen-bond acceptors (Lipinski definition) is 7. The van der Waals surface area contributed by atoms with Gasteiger partial charge in [0.2, 0.25) is 10.0 Å². The summed E-state index contributed by atoms with van der Waals surface area (Å²) in [6, 6.07) is 14.8. The number of benzene rings is 2. The molecule has 1 aromatic heterocycles. The van der Waals surface area contributed by atoms with Crippen molar-refractivity contribution in [1.29, 1.82) is 0 Å². The molecule has 8 nitrogen and oxygen atoms in total. The molecule has 3 aromatic rings. The number of sulfonamides is 2. The Labute approximate surface area is 179 Å². The van der Waals surface area contributed by atoms with Gasteiger partial charge < -0.3 is 4.74 Å². The molecule has 2 heterocycles. The molecule has 158 valence electrons. The summed E-state index contributed by atoms with van der Waals surface area (Å²) in [5, 5.41) is -0.0660. The maximum Gasteiger partial charge on any atom is 0.280 e. The number of aromatic nitrogens is 1. The third-order valence-corrected chi connectivity index (χ3v) is 8.78. The number of nitrogens with one attached hydrogen (secondary N) is 1. The molecule has 0 aliphatic carbocycles. The maximum absolute atomic E-state index is 12.9. The van der Waals surface area contributed by atoms with Gasteiger partial charge in [0.15, 0.2) is 5.03 Å². The summed E-state index contributed by atoms with van der Waals surface area (Å²) in [5.74, 6) is 0. The zero-order chi connectivity index (χ0) is 21.2. The average Bonchev–Trinajstić information content (AvgIpc) is 3.26. The molecule has 11 heteroatoms. The van der Waals surface area contributed by atoms with Crippen molar-refractivity contribution in [3.63, 3.8) is 0 Å². The Morgan fingerprint density at radius 1 is 0.933 bits per heavy atom. The second-order valence-corrected chi connectivity index (χ2v) is 10.9. The number of ether oxygens (including phenoxy) is 1. The van der Waals surface area contributed by atoms with E-state index in [1.165, 1.54) is 45.4 Å². The molecular weight excluding hydrogens is 446 g/mol. The standard InChI is InChI=1S/C19H19N3O5S3/c23-29(24,19-18(28-14-20-19)15-4-2-1-3-5-15)21-16-6-8-17(9-7-16)30(25,26)22-10-12-27-13-11-22/h1-9,14,21H,10-13H2. The molecule has 0 radical (unpaired) electrons. The van der Waals surface area contributed by atoms with E-state index in [9.17, 15) is 16.8 Å². The van der Waals surface area contributed by atoms with Crippen LogP contribution in [0.2, 0.25) is 0 Å². The number of nitrogens with zero attached hydrogens (tertiary/aromatic N) is 2. The van der Waals surface area contributed by atoms with E-state index in [0.717, 1.165) is 5.56 Å². The lowest BCUT2D eigenvalue weighted by molar-refractivity contribution is 0.0730. The molecule has 0 bridgehead atoms. The molecular formula is C19H19N3O5S3. The van der Waals surface area contributed by atoms with E-state index in [0.29, 0.717) is 31.2 Å². The van der Waals surface area contributed by atoms with Crippen LogP contribution in [0.5, 0.6) is 0 Å². The summed E-state index contributed by atoms with van der Waals surface area (Å²) in [6.45, 7) is 1.30. The van der Waals surface area contributed by atoms with Crippen molar-refractivity contribution in [2.24, 2.45) is 0 Å². The van der Waals surface area contributed by atoms with E-state index in [4.69, 9.17) is 4.74 Å². The van der Waals surface area contributed by atoms with Crippen LogP contribution in [0, 0.1) is 0 Å². The van der Waals surface area contributed by atoms with Crippen molar-refractivity contribution in [2.45, 2.75) is 9.92 Å². The summed E-state index contributed by atoms with van der Waals surface area (Å²) in [5.41, 5.74) is 2.49. The second-order valence-electron chi connectivity index (χ2n) is 6.50. The molecule has 1 N–H and O–H groups in total. The van der Waals surface area contributed by atoms with Gasteiger partial charge in [-0.15, -0.1) is 11.3 Å². The minimum absolute atomic E-state index is 0.0660. The van der Waals surface area contributed by atoms with E-state index < -0.39 is 20.0 Å². The topological polar surface area (TPSA) is 106 Å². The van der Waals surface area contributed by atoms with Gasteiger partial charge >= 0.3 is 0 Å². The van der Waals surface area contributed by atoms with Gasteiger partial charge in [-0.25, -0.2) is 13.4 Å². The van der Waals surface area contributed by atoms with Gasteiger partial charge in [0.25, 0.3) is 10.0 Å². The van der Waals surface area contributed by atoms with Gasteiger partial charge in [-0.2, -0.15) is 12.7 Å². The van der Waals surface area contributed by atoms with Crippen molar-refractivity contribution in [2.75, 3.05) is 31.0 Å². The molecule has 2 aromatic carbocycles. The van der Waals surface area contributed by atoms with E-state index in [2.05, 4.69) is 9.71 Å². The van der Waals surface area contributed by atoms with Gasteiger partial charge in [-0.1, -0.05) is 30.3 Å². The van der Waals surface area contributed by atoms with Crippen molar-refractivity contribution in [1.82, 2.24) is 9.29 Å². The minimum Gasteiger partial charge on any atom is -0.379 e. The lowest BCUT2D eigenvalue weighted by atomic mass is 10.2. The van der Waals surface area contributed by atoms with Crippen LogP contribution in [0.3, 0.4) is 0 Å². The average molecular weight is 466 g/mol. The lowest BCUT2D eigenvalue weighted by Crippen LogP contribution is -2.40. The van der Waals surface area contributed by atoms with Crippen LogP contribution < -0.4 is 4.72 Å². The van der Waals surface area contributed by atoms with Gasteiger partial charge in [0.1, 0.15) is 0 Å². The fourth-order valence-electron chi connectivity index (χ4n) is 3.04. The molecule has 1 fully saturated rings. The van der Waals surface area contributed by atoms with Gasteiger partial charge in [0, 0.05) is 18.8 Å². The van der Waals surface area contributed by atoms with Crippen molar-refractivity contribution in [3.8, 4) is 10.4 Å². The third kappa shape index (κ3) is 4.25. The largest absolute Gasteiger partial charge is 0.379 e. The highest BCUT2D eigenvalue weighted by Gasteiger charge is 2.27. The Hall–Kier alpha value is -2.31. The van der Waals surface area contributed by atoms with E-state index in [-0.39, 0.29) is 15.6 Å². The number of rotatable bonds is 6. The number of hydrogen-bond donors (Lipinski definition) is 1. The smallest absolute Gasteiger partial charge is 0.280 e. The zero-order valence-corrected chi connectivity index (χ0v) is 18.2. The minimum atomic E-state index is -3.94. The lowest BCUT2D eigenvalue weighted by Gasteiger charge is -2.26. The van der Waals surface area contributed by atoms with Crippen LogP contribution in [-0.2, 0) is 24.8 Å². The molecule has 0 unspecified atom stereocenters. The summed E-state index contributed by atoms with van der Waals surface area (Å²) in [6.07, 6.45) is 0. The van der Waals surface area contributed by atoms with Gasteiger partial charge in [-0.05, 0) is 29.8 Å². The first-order valence-corrected chi connectivity index (χ1v) is 12.9. The van der Waals surface area contributed by atoms with Crippen LogP contribution in [-0.4, -0.2) is 52.4 Å². The Kier molecular flexibility index (Phi) is 5.89. The van der Waals surface area contributed by atoms with Gasteiger partial charge in [0.05, 0.1) is 28.5 Å². The van der Waals surface area contributed by atoms with E-state index >= 15 is 0 Å². The normalized spacial score (nSPS) is 15.7. The van der Waals surface area contributed by atoms with Crippen molar-refractivity contribution in [3.05, 3.63) is 60.1 Å². The highest BCUT2D eigenvalue weighted by atomic mass is 32.2. The third-order valence-electron chi connectivity index (χ3n) is 4.54. The molecule has 0 amide bonds. The van der Waals surface area contributed by atoms with E-state index in [1.54, 1.807) is 0 Å². The predicted octanol–water partition coefficient (Wildman–Crippen LogP) is 2.63. The molecule has 30 heavy (non-hydrogen) atoms. The van der Waals surface area contributed by atoms with Crippen molar-refractivity contribution >= 4 is 37.1 Å². The maximum atomic E-state index is 12.9. The van der Waals surface area contributed by atoms with Crippen molar-refractivity contribution < 1.29 is 21.6 Å². The fourth-order valence-corrected chi connectivity index (χ4v) is 6.78. The van der Waals surface area contributed by atoms with Crippen LogP contribution in [0.25, 0.3) is 10.4 Å². The van der Waals surface area contributed by atoms with E-state index in [1.807, 2.05) is 30.3 Å². The molecule has 0 atom stereocenters. The highest BCUT2D eigenvalue weighted by Crippen LogP contribution is 2.31. The number of anilines is 1. The number of morpholine rings is 1. The first kappa shape index (κ1) is 20.9. The second kappa shape index (κ2) is 8.44. The van der Waals surface area contributed by atoms with Crippen LogP contribution in [0.4, 0.5) is 5.69 Å². The quantitative estimate of drug-likeness (QED) is 0.600. The summed E-state index contributed by atoms with van der Waals surface area (Å²) >= 11 is 1.24. The molecule has 0 saturated carbocycles. The first-order chi connectivity index (χ1) is 14.4. The SMILES string of the molecule is O=S(=O)(Nc1ccc(S(=O)(=O)N2CCOCC2)cc1)c1ncsc1-c1ccccc1. The summed E-state index contributed by atoms with van der Waals surface area (Å²) in [7, 11) is -7.59. The summed E-state index contributed by atoms with van der Waals surface area (Å²) in [4.78, 5) is 4.67.